The molecular formula is C9H21NO2S. The van der Waals surface area contributed by atoms with Crippen molar-refractivity contribution in [3.63, 3.8) is 0 Å². The minimum Gasteiger partial charge on any atom is -0.385 e. The molecule has 0 bridgehead atoms. The molecule has 0 aromatic rings. The van der Waals surface area contributed by atoms with Gasteiger partial charge in [0, 0.05) is 42.1 Å². The van der Waals surface area contributed by atoms with Crippen LogP contribution in [0.3, 0.4) is 0 Å². The maximum Gasteiger partial charge on any atom is 0.0462 e. The Labute approximate surface area is 83.5 Å². The lowest BCUT2D eigenvalue weighted by molar-refractivity contribution is 0.194. The van der Waals surface area contributed by atoms with Gasteiger partial charge in [-0.05, 0) is 26.2 Å². The fraction of sp³-hybridized carbons (Fsp3) is 1.00. The molecule has 80 valence electrons. The van der Waals surface area contributed by atoms with Crippen molar-refractivity contribution in [2.75, 3.05) is 25.2 Å². The SMILES string of the molecule is COCCCCS(=O)CCC(C)N. The van der Waals surface area contributed by atoms with Crippen molar-refractivity contribution in [3.05, 3.63) is 0 Å². The zero-order valence-electron chi connectivity index (χ0n) is 8.62. The molecule has 0 aliphatic carbocycles. The number of hydrogen-bond acceptors (Lipinski definition) is 3. The van der Waals surface area contributed by atoms with Crippen LogP contribution in [0.5, 0.6) is 0 Å². The molecule has 0 saturated carbocycles. The number of rotatable bonds is 8. The first kappa shape index (κ1) is 13.1. The van der Waals surface area contributed by atoms with E-state index >= 15 is 0 Å². The van der Waals surface area contributed by atoms with E-state index in [1.54, 1.807) is 7.11 Å². The minimum atomic E-state index is -0.680. The molecule has 4 heteroatoms. The van der Waals surface area contributed by atoms with Gasteiger partial charge in [-0.25, -0.2) is 0 Å². The third kappa shape index (κ3) is 9.99. The molecule has 0 aromatic heterocycles. The van der Waals surface area contributed by atoms with Gasteiger partial charge in [0.15, 0.2) is 0 Å². The molecule has 2 unspecified atom stereocenters. The van der Waals surface area contributed by atoms with Crippen LogP contribution >= 0.6 is 0 Å². The summed E-state index contributed by atoms with van der Waals surface area (Å²) in [6.07, 6.45) is 2.84. The number of hydrogen-bond donors (Lipinski definition) is 1. The topological polar surface area (TPSA) is 52.3 Å². The average molecular weight is 207 g/mol. The van der Waals surface area contributed by atoms with Gasteiger partial charge in [0.2, 0.25) is 0 Å². The van der Waals surface area contributed by atoms with Gasteiger partial charge in [0.05, 0.1) is 0 Å². The summed E-state index contributed by atoms with van der Waals surface area (Å²) in [5.41, 5.74) is 5.56. The second kappa shape index (κ2) is 8.66. The van der Waals surface area contributed by atoms with Crippen LogP contribution in [0.25, 0.3) is 0 Å². The van der Waals surface area contributed by atoms with Crippen molar-refractivity contribution in [2.45, 2.75) is 32.2 Å². The van der Waals surface area contributed by atoms with Crippen molar-refractivity contribution < 1.29 is 8.95 Å². The Balaban J connectivity index is 3.20. The number of methoxy groups -OCH3 is 1. The van der Waals surface area contributed by atoms with Crippen molar-refractivity contribution in [2.24, 2.45) is 5.73 Å². The molecule has 0 aliphatic rings. The van der Waals surface area contributed by atoms with Gasteiger partial charge in [0.25, 0.3) is 0 Å². The first-order chi connectivity index (χ1) is 6.16. The molecule has 0 aromatic carbocycles. The lowest BCUT2D eigenvalue weighted by Crippen LogP contribution is -2.18. The van der Waals surface area contributed by atoms with E-state index in [4.69, 9.17) is 10.5 Å². The van der Waals surface area contributed by atoms with E-state index in [2.05, 4.69) is 0 Å². The van der Waals surface area contributed by atoms with Crippen LogP contribution in [0, 0.1) is 0 Å². The summed E-state index contributed by atoms with van der Waals surface area (Å²) in [6.45, 7) is 2.71. The Hall–Kier alpha value is 0.0700. The largest absolute Gasteiger partial charge is 0.385 e. The van der Waals surface area contributed by atoms with Gasteiger partial charge in [-0.15, -0.1) is 0 Å². The lowest BCUT2D eigenvalue weighted by Gasteiger charge is -2.04. The highest BCUT2D eigenvalue weighted by Gasteiger charge is 2.01. The fourth-order valence-electron chi connectivity index (χ4n) is 0.929. The Morgan fingerprint density at radius 2 is 2.08 bits per heavy atom. The lowest BCUT2D eigenvalue weighted by atomic mass is 10.3. The normalized spacial score (nSPS) is 15.6. The first-order valence-electron chi connectivity index (χ1n) is 4.76. The van der Waals surface area contributed by atoms with E-state index in [0.717, 1.165) is 37.4 Å². The second-order valence-corrected chi connectivity index (χ2v) is 5.01. The third-order valence-electron chi connectivity index (χ3n) is 1.77. The molecular weight excluding hydrogens is 186 g/mol. The van der Waals surface area contributed by atoms with E-state index in [1.807, 2.05) is 6.92 Å². The first-order valence-corrected chi connectivity index (χ1v) is 6.25. The molecule has 3 nitrogen and oxygen atoms in total. The standard InChI is InChI=1S/C9H21NO2S/c1-9(10)5-8-13(11)7-4-3-6-12-2/h9H,3-8,10H2,1-2H3. The zero-order chi connectivity index (χ0) is 10.1. The summed E-state index contributed by atoms with van der Waals surface area (Å²) < 4.78 is 16.2. The summed E-state index contributed by atoms with van der Waals surface area (Å²) in [5, 5.41) is 0. The summed E-state index contributed by atoms with van der Waals surface area (Å²) in [7, 11) is 1.01. The van der Waals surface area contributed by atoms with Crippen LogP contribution in [0.1, 0.15) is 26.2 Å². The second-order valence-electron chi connectivity index (χ2n) is 3.31. The maximum absolute atomic E-state index is 11.3. The molecule has 0 amide bonds. The third-order valence-corrected chi connectivity index (χ3v) is 3.21. The molecule has 2 N–H and O–H groups in total. The fourth-order valence-corrected chi connectivity index (χ4v) is 2.29. The number of nitrogens with two attached hydrogens (primary N) is 1. The summed E-state index contributed by atoms with van der Waals surface area (Å²) >= 11 is 0. The van der Waals surface area contributed by atoms with Gasteiger partial charge < -0.3 is 10.5 Å². The molecule has 0 radical (unpaired) electrons. The van der Waals surface area contributed by atoms with Crippen LogP contribution in [0.2, 0.25) is 0 Å². The Morgan fingerprint density at radius 3 is 2.62 bits per heavy atom. The smallest absolute Gasteiger partial charge is 0.0462 e. The van der Waals surface area contributed by atoms with Crippen LogP contribution in [-0.2, 0) is 15.5 Å². The summed E-state index contributed by atoms with van der Waals surface area (Å²) in [6, 6.07) is 0.169. The highest BCUT2D eigenvalue weighted by molar-refractivity contribution is 7.84. The Bertz CT molecular complexity index is 140. The molecule has 0 spiro atoms. The van der Waals surface area contributed by atoms with E-state index in [0.29, 0.717) is 0 Å². The summed E-state index contributed by atoms with van der Waals surface area (Å²) in [4.78, 5) is 0. The minimum absolute atomic E-state index is 0.169. The zero-order valence-corrected chi connectivity index (χ0v) is 9.44. The quantitative estimate of drug-likeness (QED) is 0.602. The number of ether oxygens (including phenoxy) is 1. The maximum atomic E-state index is 11.3. The molecule has 2 atom stereocenters. The summed E-state index contributed by atoms with van der Waals surface area (Å²) in [5.74, 6) is 1.53. The van der Waals surface area contributed by atoms with Crippen LogP contribution < -0.4 is 5.73 Å². The molecule has 0 aliphatic heterocycles. The van der Waals surface area contributed by atoms with Gasteiger partial charge in [0.1, 0.15) is 0 Å². The predicted octanol–water partition coefficient (Wildman–Crippen LogP) is 0.899. The van der Waals surface area contributed by atoms with Gasteiger partial charge in [-0.3, -0.25) is 4.21 Å². The monoisotopic (exact) mass is 207 g/mol. The highest BCUT2D eigenvalue weighted by atomic mass is 32.2. The molecule has 0 saturated heterocycles. The van der Waals surface area contributed by atoms with E-state index in [9.17, 15) is 4.21 Å². The van der Waals surface area contributed by atoms with Crippen molar-refractivity contribution >= 4 is 10.8 Å². The average Bonchev–Trinajstić information content (AvgIpc) is 2.09. The van der Waals surface area contributed by atoms with E-state index in [-0.39, 0.29) is 6.04 Å². The predicted molar refractivity (Wildman–Crippen MR) is 57.3 cm³/mol. The van der Waals surface area contributed by atoms with Gasteiger partial charge >= 0.3 is 0 Å². The molecule has 0 rings (SSSR count). The van der Waals surface area contributed by atoms with Crippen molar-refractivity contribution in [1.29, 1.82) is 0 Å². The van der Waals surface area contributed by atoms with Gasteiger partial charge in [-0.2, -0.15) is 0 Å². The Morgan fingerprint density at radius 1 is 1.38 bits per heavy atom. The van der Waals surface area contributed by atoms with Crippen LogP contribution in [-0.4, -0.2) is 35.5 Å². The van der Waals surface area contributed by atoms with Crippen molar-refractivity contribution in [3.8, 4) is 0 Å². The highest BCUT2D eigenvalue weighted by Crippen LogP contribution is 1.97. The molecule has 0 heterocycles. The number of unbranched alkanes of at least 4 members (excludes halogenated alkanes) is 1. The van der Waals surface area contributed by atoms with Crippen molar-refractivity contribution in [1.82, 2.24) is 0 Å². The van der Waals surface area contributed by atoms with Gasteiger partial charge in [-0.1, -0.05) is 0 Å². The van der Waals surface area contributed by atoms with E-state index in [1.165, 1.54) is 0 Å². The Kier molecular flexibility index (Phi) is 8.71. The molecule has 13 heavy (non-hydrogen) atoms. The van der Waals surface area contributed by atoms with Crippen LogP contribution in [0.4, 0.5) is 0 Å². The molecule has 0 fully saturated rings. The van der Waals surface area contributed by atoms with E-state index < -0.39 is 10.8 Å². The van der Waals surface area contributed by atoms with Crippen LogP contribution in [0.15, 0.2) is 0 Å².